The highest BCUT2D eigenvalue weighted by atomic mass is 32.2. The number of amides is 1. The van der Waals surface area contributed by atoms with Gasteiger partial charge in [-0.25, -0.2) is 8.42 Å². The van der Waals surface area contributed by atoms with E-state index >= 15 is 0 Å². The molecule has 1 heterocycles. The van der Waals surface area contributed by atoms with E-state index in [1.807, 2.05) is 26.0 Å². The molecule has 0 aliphatic carbocycles. The number of sulfonamides is 1. The largest absolute Gasteiger partial charge is 0.344 e. The van der Waals surface area contributed by atoms with Crippen molar-refractivity contribution >= 4 is 15.9 Å². The van der Waals surface area contributed by atoms with Gasteiger partial charge < -0.3 is 4.90 Å². The summed E-state index contributed by atoms with van der Waals surface area (Å²) in [6, 6.07) is 3.81. The molecule has 1 aromatic heterocycles. The fourth-order valence-corrected chi connectivity index (χ4v) is 2.79. The molecule has 0 saturated heterocycles. The molecule has 0 saturated carbocycles. The summed E-state index contributed by atoms with van der Waals surface area (Å²) in [4.78, 5) is 17.8. The lowest BCUT2D eigenvalue weighted by atomic mass is 10.1. The van der Waals surface area contributed by atoms with Crippen LogP contribution in [0.4, 0.5) is 0 Å². The average molecular weight is 341 g/mol. The summed E-state index contributed by atoms with van der Waals surface area (Å²) in [5, 5.41) is 0. The van der Waals surface area contributed by atoms with Crippen molar-refractivity contribution in [3.63, 3.8) is 0 Å². The third-order valence-corrected chi connectivity index (χ3v) is 4.90. The predicted molar refractivity (Wildman–Crippen MR) is 91.4 cm³/mol. The highest BCUT2D eigenvalue weighted by Gasteiger charge is 2.22. The van der Waals surface area contributed by atoms with Gasteiger partial charge in [0.1, 0.15) is 0 Å². The summed E-state index contributed by atoms with van der Waals surface area (Å²) in [5.74, 6) is 0.201. The van der Waals surface area contributed by atoms with Crippen molar-refractivity contribution in [2.45, 2.75) is 26.7 Å². The van der Waals surface area contributed by atoms with Crippen LogP contribution in [0.5, 0.6) is 0 Å². The molecule has 0 aliphatic heterocycles. The zero-order valence-electron chi connectivity index (χ0n) is 14.4. The van der Waals surface area contributed by atoms with Gasteiger partial charge in [-0.3, -0.25) is 9.78 Å². The number of aromatic nitrogens is 1. The third kappa shape index (κ3) is 7.56. The number of nitrogens with zero attached hydrogens (tertiary/aromatic N) is 3. The van der Waals surface area contributed by atoms with Gasteiger partial charge in [-0.05, 0) is 36.5 Å². The molecular weight excluding hydrogens is 314 g/mol. The number of carbonyl (C=O) groups excluding carboxylic acids is 1. The predicted octanol–water partition coefficient (Wildman–Crippen LogP) is 1.39. The van der Waals surface area contributed by atoms with E-state index < -0.39 is 10.0 Å². The zero-order valence-corrected chi connectivity index (χ0v) is 15.2. The van der Waals surface area contributed by atoms with Gasteiger partial charge in [-0.15, -0.1) is 0 Å². The Morgan fingerprint density at radius 3 is 2.35 bits per heavy atom. The van der Waals surface area contributed by atoms with Gasteiger partial charge in [0.25, 0.3) is 0 Å². The van der Waals surface area contributed by atoms with Crippen LogP contribution < -0.4 is 0 Å². The van der Waals surface area contributed by atoms with Crippen LogP contribution in [0, 0.1) is 5.92 Å². The number of likely N-dealkylation sites (N-methyl/N-ethyl adjacent to an activating group) is 1. The molecule has 1 aromatic rings. The van der Waals surface area contributed by atoms with Crippen molar-refractivity contribution in [3.8, 4) is 0 Å². The van der Waals surface area contributed by atoms with Gasteiger partial charge in [0, 0.05) is 32.5 Å². The van der Waals surface area contributed by atoms with Crippen LogP contribution in [-0.4, -0.2) is 61.5 Å². The van der Waals surface area contributed by atoms with Crippen LogP contribution in [0.1, 0.15) is 25.8 Å². The van der Waals surface area contributed by atoms with Crippen molar-refractivity contribution < 1.29 is 13.2 Å². The van der Waals surface area contributed by atoms with Crippen molar-refractivity contribution in [2.24, 2.45) is 5.92 Å². The Bertz CT molecular complexity index is 588. The van der Waals surface area contributed by atoms with E-state index in [-0.39, 0.29) is 12.5 Å². The molecule has 130 valence electrons. The molecule has 6 nitrogen and oxygen atoms in total. The second-order valence-corrected chi connectivity index (χ2v) is 8.18. The SMILES string of the molecule is CC(C)CCN(CC(=O)N(C)CCc1ccncc1)S(C)(=O)=O. The molecule has 0 aromatic carbocycles. The molecule has 0 N–H and O–H groups in total. The molecular formula is C16H27N3O3S. The van der Waals surface area contributed by atoms with E-state index in [9.17, 15) is 13.2 Å². The van der Waals surface area contributed by atoms with Crippen molar-refractivity contribution in [1.29, 1.82) is 0 Å². The van der Waals surface area contributed by atoms with Crippen LogP contribution in [0.25, 0.3) is 0 Å². The Morgan fingerprint density at radius 1 is 1.22 bits per heavy atom. The Labute approximate surface area is 139 Å². The lowest BCUT2D eigenvalue weighted by molar-refractivity contribution is -0.130. The number of hydrogen-bond acceptors (Lipinski definition) is 4. The summed E-state index contributed by atoms with van der Waals surface area (Å²) in [6.07, 6.45) is 6.04. The minimum atomic E-state index is -3.38. The lowest BCUT2D eigenvalue weighted by Gasteiger charge is -2.24. The van der Waals surface area contributed by atoms with Gasteiger partial charge in [-0.2, -0.15) is 4.31 Å². The molecule has 0 aliphatic rings. The second-order valence-electron chi connectivity index (χ2n) is 6.20. The number of rotatable bonds is 9. The first-order valence-electron chi connectivity index (χ1n) is 7.78. The van der Waals surface area contributed by atoms with Crippen LogP contribution in [0.15, 0.2) is 24.5 Å². The Morgan fingerprint density at radius 2 is 1.83 bits per heavy atom. The molecule has 1 amide bonds. The van der Waals surface area contributed by atoms with Gasteiger partial charge >= 0.3 is 0 Å². The van der Waals surface area contributed by atoms with E-state index in [0.717, 1.165) is 24.7 Å². The summed E-state index contributed by atoms with van der Waals surface area (Å²) >= 11 is 0. The minimum absolute atomic E-state index is 0.0988. The maximum absolute atomic E-state index is 12.3. The smallest absolute Gasteiger partial charge is 0.237 e. The van der Waals surface area contributed by atoms with Gasteiger partial charge in [0.2, 0.25) is 15.9 Å². The summed E-state index contributed by atoms with van der Waals surface area (Å²) < 4.78 is 24.9. The quantitative estimate of drug-likeness (QED) is 0.680. The van der Waals surface area contributed by atoms with Crippen LogP contribution >= 0.6 is 0 Å². The maximum Gasteiger partial charge on any atom is 0.237 e. The number of pyridine rings is 1. The molecule has 0 atom stereocenters. The highest BCUT2D eigenvalue weighted by molar-refractivity contribution is 7.88. The molecule has 1 rings (SSSR count). The normalized spacial score (nSPS) is 11.9. The number of hydrogen-bond donors (Lipinski definition) is 0. The van der Waals surface area contributed by atoms with Crippen LogP contribution in [0.3, 0.4) is 0 Å². The first kappa shape index (κ1) is 19.6. The fourth-order valence-electron chi connectivity index (χ4n) is 2.01. The second kappa shape index (κ2) is 8.98. The van der Waals surface area contributed by atoms with E-state index in [1.165, 1.54) is 4.31 Å². The third-order valence-electron chi connectivity index (χ3n) is 3.65. The lowest BCUT2D eigenvalue weighted by Crippen LogP contribution is -2.42. The van der Waals surface area contributed by atoms with Gasteiger partial charge in [-0.1, -0.05) is 13.8 Å². The minimum Gasteiger partial charge on any atom is -0.344 e. The highest BCUT2D eigenvalue weighted by Crippen LogP contribution is 2.07. The van der Waals surface area contributed by atoms with Crippen LogP contribution in [-0.2, 0) is 21.2 Å². The summed E-state index contributed by atoms with van der Waals surface area (Å²) in [7, 11) is -1.68. The first-order valence-corrected chi connectivity index (χ1v) is 9.63. The zero-order chi connectivity index (χ0) is 17.5. The number of carbonyl (C=O) groups is 1. The van der Waals surface area contributed by atoms with Crippen molar-refractivity contribution in [3.05, 3.63) is 30.1 Å². The van der Waals surface area contributed by atoms with Crippen molar-refractivity contribution in [2.75, 3.05) is 32.9 Å². The van der Waals surface area contributed by atoms with Crippen LogP contribution in [0.2, 0.25) is 0 Å². The molecule has 7 heteroatoms. The van der Waals surface area contributed by atoms with E-state index in [0.29, 0.717) is 19.0 Å². The molecule has 0 fully saturated rings. The van der Waals surface area contributed by atoms with Gasteiger partial charge in [0.15, 0.2) is 0 Å². The standard InChI is InChI=1S/C16H27N3O3S/c1-14(2)7-12-19(23(4,21)22)13-16(20)18(3)11-8-15-5-9-17-10-6-15/h5-6,9-10,14H,7-8,11-13H2,1-4H3. The molecule has 0 spiro atoms. The average Bonchev–Trinajstić information content (AvgIpc) is 2.48. The Kier molecular flexibility index (Phi) is 7.64. The molecule has 0 bridgehead atoms. The topological polar surface area (TPSA) is 70.6 Å². The maximum atomic E-state index is 12.3. The van der Waals surface area contributed by atoms with E-state index in [1.54, 1.807) is 24.3 Å². The Balaban J connectivity index is 2.56. The fraction of sp³-hybridized carbons (Fsp3) is 0.625. The van der Waals surface area contributed by atoms with Gasteiger partial charge in [0.05, 0.1) is 12.8 Å². The van der Waals surface area contributed by atoms with E-state index in [2.05, 4.69) is 4.98 Å². The summed E-state index contributed by atoms with van der Waals surface area (Å²) in [5.41, 5.74) is 1.10. The summed E-state index contributed by atoms with van der Waals surface area (Å²) in [6.45, 7) is 4.88. The monoisotopic (exact) mass is 341 g/mol. The molecule has 23 heavy (non-hydrogen) atoms. The molecule has 0 radical (unpaired) electrons. The first-order chi connectivity index (χ1) is 10.7. The van der Waals surface area contributed by atoms with E-state index in [4.69, 9.17) is 0 Å². The Hall–Kier alpha value is -1.47. The van der Waals surface area contributed by atoms with Crippen molar-refractivity contribution in [1.82, 2.24) is 14.2 Å². The molecule has 0 unspecified atom stereocenters.